The number of nitrogens with two attached hydrogens (primary N) is 1. The zero-order valence-electron chi connectivity index (χ0n) is 10.9. The van der Waals surface area contributed by atoms with Crippen molar-refractivity contribution >= 4 is 0 Å². The van der Waals surface area contributed by atoms with Gasteiger partial charge in [-0.15, -0.1) is 0 Å². The first kappa shape index (κ1) is 13.0. The van der Waals surface area contributed by atoms with Gasteiger partial charge in [0.05, 0.1) is 7.11 Å². The number of rotatable bonds is 4. The lowest BCUT2D eigenvalue weighted by atomic mass is 9.98. The zero-order chi connectivity index (χ0) is 12.3. The van der Waals surface area contributed by atoms with E-state index in [9.17, 15) is 0 Å². The van der Waals surface area contributed by atoms with Gasteiger partial charge in [0.2, 0.25) is 0 Å². The molecule has 1 aromatic rings. The molecule has 0 radical (unpaired) electrons. The zero-order valence-corrected chi connectivity index (χ0v) is 10.9. The summed E-state index contributed by atoms with van der Waals surface area (Å²) in [5.74, 6) is 0.998. The van der Waals surface area contributed by atoms with Crippen molar-refractivity contribution in [3.05, 3.63) is 28.3 Å². The molecular weight excluding hydrogens is 200 g/mol. The fourth-order valence-electron chi connectivity index (χ4n) is 1.91. The highest BCUT2D eigenvalue weighted by Crippen LogP contribution is 2.30. The van der Waals surface area contributed by atoms with Gasteiger partial charge in [0, 0.05) is 18.8 Å². The molecular formula is C13H22N2O. The minimum Gasteiger partial charge on any atom is -0.496 e. The molecule has 0 spiro atoms. The van der Waals surface area contributed by atoms with E-state index < -0.39 is 0 Å². The molecule has 0 atom stereocenters. The van der Waals surface area contributed by atoms with Gasteiger partial charge in [-0.3, -0.25) is 4.90 Å². The van der Waals surface area contributed by atoms with Crippen molar-refractivity contribution in [3.63, 3.8) is 0 Å². The molecule has 3 nitrogen and oxygen atoms in total. The summed E-state index contributed by atoms with van der Waals surface area (Å²) in [5, 5.41) is 0. The lowest BCUT2D eigenvalue weighted by Gasteiger charge is -2.20. The second-order valence-corrected chi connectivity index (χ2v) is 4.34. The van der Waals surface area contributed by atoms with Crippen LogP contribution in [0.15, 0.2) is 6.07 Å². The van der Waals surface area contributed by atoms with Gasteiger partial charge >= 0.3 is 0 Å². The van der Waals surface area contributed by atoms with E-state index in [1.165, 1.54) is 22.3 Å². The van der Waals surface area contributed by atoms with E-state index in [1.807, 2.05) is 7.05 Å². The number of hydrogen-bond donors (Lipinski definition) is 1. The molecule has 2 N–H and O–H groups in total. The van der Waals surface area contributed by atoms with Crippen LogP contribution in [0.3, 0.4) is 0 Å². The van der Waals surface area contributed by atoms with Crippen molar-refractivity contribution in [2.24, 2.45) is 5.73 Å². The third kappa shape index (κ3) is 2.54. The summed E-state index contributed by atoms with van der Waals surface area (Å²) in [6, 6.07) is 2.21. The van der Waals surface area contributed by atoms with Gasteiger partial charge in [0.1, 0.15) is 5.75 Å². The standard InChI is InChI=1S/C13H22N2O/c1-9-6-10(2)12(7-15(4)8-14)13(16-5)11(9)3/h6H,7-8,14H2,1-5H3. The third-order valence-electron chi connectivity index (χ3n) is 3.06. The minimum absolute atomic E-state index is 0.551. The van der Waals surface area contributed by atoms with E-state index in [2.05, 4.69) is 31.7 Å². The summed E-state index contributed by atoms with van der Waals surface area (Å²) < 4.78 is 5.52. The van der Waals surface area contributed by atoms with Crippen LogP contribution in [-0.2, 0) is 6.54 Å². The molecule has 1 rings (SSSR count). The molecule has 0 aliphatic heterocycles. The number of nitrogens with zero attached hydrogens (tertiary/aromatic N) is 1. The molecule has 0 aliphatic carbocycles. The fourth-order valence-corrected chi connectivity index (χ4v) is 1.91. The van der Waals surface area contributed by atoms with Crippen LogP contribution >= 0.6 is 0 Å². The summed E-state index contributed by atoms with van der Waals surface area (Å²) in [6.07, 6.45) is 0. The molecule has 0 aromatic heterocycles. The Hall–Kier alpha value is -1.06. The van der Waals surface area contributed by atoms with Crippen molar-refractivity contribution < 1.29 is 4.74 Å². The quantitative estimate of drug-likeness (QED) is 0.792. The molecule has 3 heteroatoms. The Kier molecular flexibility index (Phi) is 4.33. The Morgan fingerprint density at radius 3 is 2.38 bits per heavy atom. The Morgan fingerprint density at radius 2 is 1.88 bits per heavy atom. The van der Waals surface area contributed by atoms with E-state index >= 15 is 0 Å². The smallest absolute Gasteiger partial charge is 0.126 e. The summed E-state index contributed by atoms with van der Waals surface area (Å²) in [5.41, 5.74) is 10.6. The summed E-state index contributed by atoms with van der Waals surface area (Å²) in [6.45, 7) is 7.71. The van der Waals surface area contributed by atoms with Crippen LogP contribution in [0.2, 0.25) is 0 Å². The molecule has 16 heavy (non-hydrogen) atoms. The highest BCUT2D eigenvalue weighted by atomic mass is 16.5. The molecule has 0 saturated heterocycles. The first-order valence-electron chi connectivity index (χ1n) is 5.53. The Labute approximate surface area is 98.2 Å². The maximum absolute atomic E-state index is 5.61. The average Bonchev–Trinajstić information content (AvgIpc) is 2.26. The average molecular weight is 222 g/mol. The van der Waals surface area contributed by atoms with Gasteiger partial charge < -0.3 is 10.5 Å². The molecule has 0 fully saturated rings. The van der Waals surface area contributed by atoms with E-state index in [0.29, 0.717) is 6.67 Å². The Balaban J connectivity index is 3.20. The van der Waals surface area contributed by atoms with Crippen molar-refractivity contribution in [1.29, 1.82) is 0 Å². The monoisotopic (exact) mass is 222 g/mol. The Morgan fingerprint density at radius 1 is 1.25 bits per heavy atom. The van der Waals surface area contributed by atoms with E-state index in [1.54, 1.807) is 7.11 Å². The highest BCUT2D eigenvalue weighted by Gasteiger charge is 2.13. The van der Waals surface area contributed by atoms with Crippen molar-refractivity contribution in [2.45, 2.75) is 27.3 Å². The molecule has 0 heterocycles. The molecule has 0 aliphatic rings. The first-order valence-corrected chi connectivity index (χ1v) is 5.53. The van der Waals surface area contributed by atoms with Crippen LogP contribution in [0, 0.1) is 20.8 Å². The topological polar surface area (TPSA) is 38.5 Å². The molecule has 0 bridgehead atoms. The summed E-state index contributed by atoms with van der Waals surface area (Å²) in [7, 11) is 3.74. The van der Waals surface area contributed by atoms with E-state index in [4.69, 9.17) is 10.5 Å². The maximum atomic E-state index is 5.61. The third-order valence-corrected chi connectivity index (χ3v) is 3.06. The minimum atomic E-state index is 0.551. The summed E-state index contributed by atoms with van der Waals surface area (Å²) in [4.78, 5) is 2.07. The van der Waals surface area contributed by atoms with Gasteiger partial charge in [-0.2, -0.15) is 0 Å². The summed E-state index contributed by atoms with van der Waals surface area (Å²) >= 11 is 0. The normalized spacial score (nSPS) is 10.9. The van der Waals surface area contributed by atoms with Gasteiger partial charge in [-0.25, -0.2) is 0 Å². The molecule has 0 saturated carbocycles. The number of benzene rings is 1. The predicted molar refractivity (Wildman–Crippen MR) is 67.7 cm³/mol. The molecule has 90 valence electrons. The second-order valence-electron chi connectivity index (χ2n) is 4.34. The van der Waals surface area contributed by atoms with Gasteiger partial charge in [-0.05, 0) is 44.5 Å². The predicted octanol–water partition coefficient (Wildman–Crippen LogP) is 1.97. The lowest BCUT2D eigenvalue weighted by Crippen LogP contribution is -2.25. The lowest BCUT2D eigenvalue weighted by molar-refractivity contribution is 0.324. The molecule has 0 amide bonds. The van der Waals surface area contributed by atoms with Crippen LogP contribution in [-0.4, -0.2) is 25.7 Å². The SMILES string of the molecule is COc1c(C)c(C)cc(C)c1CN(C)CN. The second kappa shape index (κ2) is 5.32. The van der Waals surface area contributed by atoms with Gasteiger partial charge in [0.25, 0.3) is 0 Å². The van der Waals surface area contributed by atoms with Gasteiger partial charge in [-0.1, -0.05) is 6.07 Å². The number of aryl methyl sites for hydroxylation is 2. The largest absolute Gasteiger partial charge is 0.496 e. The number of methoxy groups -OCH3 is 1. The van der Waals surface area contributed by atoms with Crippen molar-refractivity contribution in [2.75, 3.05) is 20.8 Å². The van der Waals surface area contributed by atoms with E-state index in [0.717, 1.165) is 12.3 Å². The molecule has 1 aromatic carbocycles. The highest BCUT2D eigenvalue weighted by molar-refractivity contribution is 5.49. The van der Waals surface area contributed by atoms with Gasteiger partial charge in [0.15, 0.2) is 0 Å². The van der Waals surface area contributed by atoms with Crippen LogP contribution in [0.1, 0.15) is 22.3 Å². The molecule has 0 unspecified atom stereocenters. The number of ether oxygens (including phenoxy) is 1. The van der Waals surface area contributed by atoms with E-state index in [-0.39, 0.29) is 0 Å². The Bertz CT molecular complexity index is 375. The van der Waals surface area contributed by atoms with Crippen LogP contribution in [0.4, 0.5) is 0 Å². The van der Waals surface area contributed by atoms with Crippen molar-refractivity contribution in [3.8, 4) is 5.75 Å². The van der Waals surface area contributed by atoms with Crippen LogP contribution in [0.5, 0.6) is 5.75 Å². The number of hydrogen-bond acceptors (Lipinski definition) is 3. The first-order chi connectivity index (χ1) is 7.51. The van der Waals surface area contributed by atoms with Crippen LogP contribution < -0.4 is 10.5 Å². The van der Waals surface area contributed by atoms with Crippen LogP contribution in [0.25, 0.3) is 0 Å². The van der Waals surface area contributed by atoms with Crippen molar-refractivity contribution in [1.82, 2.24) is 4.90 Å². The maximum Gasteiger partial charge on any atom is 0.126 e. The fraction of sp³-hybridized carbons (Fsp3) is 0.538.